The van der Waals surface area contributed by atoms with Gasteiger partial charge in [0, 0.05) is 49.8 Å². The summed E-state index contributed by atoms with van der Waals surface area (Å²) in [6, 6.07) is 67.6. The number of fused-ring (bicyclic) bond motifs is 9. The molecule has 0 amide bonds. The minimum atomic E-state index is -0.277. The van der Waals surface area contributed by atoms with Crippen molar-refractivity contribution in [3.8, 4) is 39.1 Å². The van der Waals surface area contributed by atoms with E-state index in [1.165, 1.54) is 77.4 Å². The van der Waals surface area contributed by atoms with E-state index in [2.05, 4.69) is 487 Å². The van der Waals surface area contributed by atoms with E-state index in [1.54, 1.807) is 0 Å². The zero-order valence-electron chi connectivity index (χ0n) is 62.1. The van der Waals surface area contributed by atoms with E-state index in [0.717, 1.165) is 22.7 Å². The van der Waals surface area contributed by atoms with Gasteiger partial charge in [-0.25, -0.2) is 0 Å². The SMILES string of the molecule is CC1(C)c2ccccc2-c2cc(N(c3ccc4c(c3)-c3ccccc3C4(C)C)c3ccccc3-c3cccc4c5ccccc5n(-c5ccccc5)c34)ccc21.PP(P)P(P(P)P)P(P(P)P)P(P(P(P(P)P)P(P)P)P(P(P)P)P(P)P)P(P(P(P(P)P)P(P)P)P(P(P)P)P(P)P)P(P(P(P)P)P(P)P)P(P(P)P)P(P)P. The van der Waals surface area contributed by atoms with Gasteiger partial charge in [0.2, 0.25) is 0 Å². The molecular weight excluding hydrogens is 2470 g/mol. The van der Waals surface area contributed by atoms with Crippen LogP contribution in [-0.4, -0.2) is 4.57 Å². The summed E-state index contributed by atoms with van der Waals surface area (Å²) in [6.45, 7) is 3.32. The number of aromatic nitrogens is 1. The molecule has 0 radical (unpaired) electrons. The van der Waals surface area contributed by atoms with E-state index < -0.39 is 0 Å². The number of hydrogen-bond donors (Lipinski definition) is 0. The van der Waals surface area contributed by atoms with Crippen molar-refractivity contribution in [2.24, 2.45) is 0 Å². The third-order valence-corrected chi connectivity index (χ3v) is 419. The highest BCUT2D eigenvalue weighted by molar-refractivity contribution is 9.54. The van der Waals surface area contributed by atoms with Gasteiger partial charge in [-0.1, -0.05) is 161 Å². The van der Waals surface area contributed by atoms with Crippen molar-refractivity contribution in [3.05, 3.63) is 204 Å². The lowest BCUT2D eigenvalue weighted by Crippen LogP contribution is -2.16. The third kappa shape index (κ3) is 27.3. The summed E-state index contributed by atoms with van der Waals surface area (Å²) in [4.78, 5) is 2.51. The molecule has 0 fully saturated rings. The van der Waals surface area contributed by atoms with Gasteiger partial charge in [-0.3, -0.25) is 0 Å². The molecule has 114 heavy (non-hydrogen) atoms. The van der Waals surface area contributed by atoms with Crippen LogP contribution in [0, 0.1) is 0 Å². The first-order valence-electron chi connectivity index (χ1n) is 32.9. The van der Waals surface area contributed by atoms with Crippen molar-refractivity contribution >= 4 is 502 Å². The van der Waals surface area contributed by atoms with Gasteiger partial charge in [0.15, 0.2) is 0 Å². The first-order valence-corrected chi connectivity index (χ1v) is 138. The molecule has 11 rings (SSSR count). The number of anilines is 3. The molecule has 1 aromatic heterocycles. The third-order valence-electron chi connectivity index (χ3n) is 17.8. The van der Waals surface area contributed by atoms with Crippen LogP contribution in [0.3, 0.4) is 0 Å². The summed E-state index contributed by atoms with van der Waals surface area (Å²) in [5.41, 5.74) is 20.0. The Labute approximate surface area is 783 Å². The van der Waals surface area contributed by atoms with Crippen molar-refractivity contribution in [2.45, 2.75) is 38.5 Å². The summed E-state index contributed by atoms with van der Waals surface area (Å²) in [7, 11) is 106. The minimum absolute atomic E-state index is 0.0729. The number of benzene rings is 8. The Balaban J connectivity index is 0.000000241. The van der Waals surface area contributed by atoms with Crippen LogP contribution in [0.5, 0.6) is 0 Å². The Hall–Kier alpha value is 18.3. The lowest BCUT2D eigenvalue weighted by atomic mass is 9.82. The normalized spacial score (nSPS) is 14.9. The fraction of sp³-hybridized carbons (Fsp3) is 0.111. The van der Waals surface area contributed by atoms with Gasteiger partial charge in [0.25, 0.3) is 0 Å². The quantitative estimate of drug-likeness (QED) is 0.0382. The molecule has 0 saturated carbocycles. The zero-order valence-corrected chi connectivity index (χ0v) is 122. The molecule has 8 aromatic carbocycles. The molecule has 2 nitrogen and oxygen atoms in total. The summed E-state index contributed by atoms with van der Waals surface area (Å²) in [5.74, 6) is 0. The van der Waals surface area contributed by atoms with E-state index in [1.807, 2.05) is 0 Å². The maximum absolute atomic E-state index is 3.65. The predicted octanol–water partition coefficient (Wildman–Crippen LogP) is 48.4. The maximum Gasteiger partial charge on any atom is 0.0620 e. The van der Waals surface area contributed by atoms with E-state index in [0.29, 0.717) is 0 Å². The zero-order chi connectivity index (χ0) is 83.9. The molecule has 0 spiro atoms. The van der Waals surface area contributed by atoms with E-state index in [4.69, 9.17) is 0 Å². The fourth-order valence-corrected chi connectivity index (χ4v) is 850. The van der Waals surface area contributed by atoms with Gasteiger partial charge >= 0.3 is 0 Å². The average molecular weight is 2580 g/mol. The van der Waals surface area contributed by atoms with Crippen molar-refractivity contribution in [3.63, 3.8) is 0 Å². The smallest absolute Gasteiger partial charge is 0.0620 e. The first-order chi connectivity index (χ1) is 53.6. The molecule has 0 saturated heterocycles. The number of hydrogen-bond acceptors (Lipinski definition) is 1. The molecule has 2 aliphatic carbocycles. The molecule has 2 aliphatic rings. The largest absolute Gasteiger partial charge is 0.310 e. The van der Waals surface area contributed by atoms with Gasteiger partial charge in [0.05, 0.1) is 16.7 Å². The van der Waals surface area contributed by atoms with E-state index >= 15 is 0 Å². The van der Waals surface area contributed by atoms with Gasteiger partial charge in [-0.2, -0.15) is 0 Å². The van der Waals surface area contributed by atoms with Crippen LogP contribution in [0.1, 0.15) is 49.9 Å². The van der Waals surface area contributed by atoms with Crippen molar-refractivity contribution in [1.29, 1.82) is 0 Å². The highest BCUT2D eigenvalue weighted by atomic mass is 33.6. The Morgan fingerprint density at radius 1 is 0.228 bits per heavy atom. The van der Waals surface area contributed by atoms with Crippen LogP contribution >= 0.6 is 464 Å². The van der Waals surface area contributed by atoms with Crippen LogP contribution in [0.4, 0.5) is 17.1 Å². The molecule has 32 atom stereocenters. The molecule has 9 aromatic rings. The van der Waals surface area contributed by atoms with Crippen LogP contribution in [-0.2, 0) is 10.8 Å². The number of rotatable bonds is 32. The van der Waals surface area contributed by atoms with Crippen LogP contribution in [0.25, 0.3) is 60.9 Å². The highest BCUT2D eigenvalue weighted by Gasteiger charge is 2.61. The van der Waals surface area contributed by atoms with E-state index in [-0.39, 0.29) is 206 Å². The fourth-order valence-electron chi connectivity index (χ4n) is 13.6. The molecule has 1 heterocycles. The molecule has 0 aliphatic heterocycles. The highest BCUT2D eigenvalue weighted by Crippen LogP contribution is 3.48. The Morgan fingerprint density at radius 3 is 0.868 bits per heavy atom. The summed E-state index contributed by atoms with van der Waals surface area (Å²) in [5, 5.41) is 2.50. The summed E-state index contributed by atoms with van der Waals surface area (Å²) < 4.78 is 2.45. The minimum Gasteiger partial charge on any atom is -0.310 e. The van der Waals surface area contributed by atoms with Crippen molar-refractivity contribution in [2.75, 3.05) is 4.90 Å². The van der Waals surface area contributed by atoms with Crippen LogP contribution < -0.4 is 4.90 Å². The van der Waals surface area contributed by atoms with Crippen LogP contribution in [0.2, 0.25) is 0 Å². The molecular formula is C54H102N2P58. The molecule has 32 unspecified atom stereocenters. The van der Waals surface area contributed by atoms with Gasteiger partial charge in [0.1, 0.15) is 0 Å². The van der Waals surface area contributed by atoms with Gasteiger partial charge in [-0.15, -0.1) is 268 Å². The standard InChI is InChI=1S/C54H42N2.H60P58/c1-53(2)46-25-12-8-19-38(46)44-33-36(29-31-48(44)53)55(37-30-32-49-45(34-37)39-20-9-13-26-47(39)54(49,3)4)50-27-14-10-21-40(50)42-23-16-24-43-41-22-11-15-28-51(41)56(52(42)43)35-17-6-5-7-18-35;1-31(2)46(32(3)4)53(45(29)30)57(54(47(33(5)6)34(7)8)48(35(9)10)36(11)12)58(55(49(37(13)14)38(15)16)50(39(17)18)40(19)20)56(51(41(21)22)42(23)24)52(43(25)26)44(27)28/h5-34H,1-4H3;1-30H2. The monoisotopic (exact) mass is 2580 g/mol. The molecule has 618 valence electrons. The molecule has 0 N–H and O–H groups in total. The first kappa shape index (κ1) is 114. The second kappa shape index (κ2) is 53.4. The lowest BCUT2D eigenvalue weighted by Gasteiger charge is -2.60. The summed E-state index contributed by atoms with van der Waals surface area (Å²) in [6.07, 6.45) is 0. The Morgan fingerprint density at radius 2 is 0.500 bits per heavy atom. The number of nitrogens with zero attached hydrogens (tertiary/aromatic N) is 2. The van der Waals surface area contributed by atoms with Gasteiger partial charge in [-0.05, 0) is 289 Å². The average Bonchev–Trinajstić information content (AvgIpc) is 1.72. The topological polar surface area (TPSA) is 8.17 Å². The number of para-hydroxylation sites is 4. The molecule has 60 heteroatoms. The molecule has 0 bridgehead atoms. The second-order valence-corrected chi connectivity index (χ2v) is 265. The summed E-state index contributed by atoms with van der Waals surface area (Å²) >= 11 is 0. The van der Waals surface area contributed by atoms with Crippen molar-refractivity contribution < 1.29 is 0 Å². The maximum atomic E-state index is 3.65. The predicted molar refractivity (Wildman–Crippen MR) is 721 cm³/mol. The van der Waals surface area contributed by atoms with Crippen molar-refractivity contribution in [1.82, 2.24) is 4.57 Å². The lowest BCUT2D eigenvalue weighted by molar-refractivity contribution is 0.660. The Kier molecular flexibility index (Phi) is 53.5. The van der Waals surface area contributed by atoms with Crippen LogP contribution in [0.15, 0.2) is 182 Å². The van der Waals surface area contributed by atoms with E-state index in [9.17, 15) is 0 Å². The second-order valence-electron chi connectivity index (χ2n) is 25.7. The van der Waals surface area contributed by atoms with Gasteiger partial charge < -0.3 is 9.47 Å². The Bertz CT molecular complexity index is 4430.